The minimum absolute atomic E-state index is 0.0253. The number of anilines is 6. The molecule has 2 aliphatic rings. The minimum Gasteiger partial charge on any atom is -0.393 e. The van der Waals surface area contributed by atoms with Crippen LogP contribution in [0.1, 0.15) is 6.42 Å². The van der Waals surface area contributed by atoms with E-state index >= 15 is 0 Å². The zero-order valence-electron chi connectivity index (χ0n) is 21.8. The van der Waals surface area contributed by atoms with Gasteiger partial charge in [-0.15, -0.1) is 0 Å². The monoisotopic (exact) mass is 602 g/mol. The summed E-state index contributed by atoms with van der Waals surface area (Å²) < 4.78 is 28.5. The smallest absolute Gasteiger partial charge is 0.271 e. The van der Waals surface area contributed by atoms with Gasteiger partial charge in [-0.2, -0.15) is 0 Å². The Bertz CT molecular complexity index is 1280. The molecule has 2 aromatic rings. The fourth-order valence-electron chi connectivity index (χ4n) is 4.24. The van der Waals surface area contributed by atoms with E-state index in [1.54, 1.807) is 0 Å². The topological polar surface area (TPSA) is 249 Å². The Hall–Kier alpha value is -2.88. The lowest BCUT2D eigenvalue weighted by Crippen LogP contribution is -2.40. The summed E-state index contributed by atoms with van der Waals surface area (Å²) in [5.74, 6) is 1.24. The van der Waals surface area contributed by atoms with Gasteiger partial charge >= 0.3 is 0 Å². The maximum absolute atomic E-state index is 10.6. The fourth-order valence-corrected chi connectivity index (χ4v) is 4.71. The van der Waals surface area contributed by atoms with E-state index in [1.165, 1.54) is 14.2 Å². The van der Waals surface area contributed by atoms with Crippen LogP contribution in [-0.4, -0.2) is 108 Å². The molecule has 4 unspecified atom stereocenters. The van der Waals surface area contributed by atoms with Crippen molar-refractivity contribution in [3.63, 3.8) is 0 Å². The van der Waals surface area contributed by atoms with Gasteiger partial charge in [0.2, 0.25) is 0 Å². The number of aromatic nitrogens is 4. The number of hydrogen-bond acceptors (Lipinski definition) is 17. The summed E-state index contributed by atoms with van der Waals surface area (Å²) >= 11 is 10.3. The molecule has 19 heteroatoms. The first-order valence-corrected chi connectivity index (χ1v) is 13.0. The number of nitrogens with zero attached hydrogens (tertiary/aromatic N) is 3. The van der Waals surface area contributed by atoms with Gasteiger partial charge in [-0.3, -0.25) is 0 Å². The van der Waals surface area contributed by atoms with Gasteiger partial charge in [0.25, 0.3) is 6.48 Å². The van der Waals surface area contributed by atoms with Crippen LogP contribution in [0.4, 0.5) is 34.9 Å². The van der Waals surface area contributed by atoms with Crippen molar-refractivity contribution in [2.75, 3.05) is 73.4 Å². The van der Waals surface area contributed by atoms with Gasteiger partial charge in [-0.1, -0.05) is 24.4 Å². The molecule has 0 radical (unpaired) electrons. The second-order valence-corrected chi connectivity index (χ2v) is 9.79. The highest BCUT2D eigenvalue weighted by Crippen LogP contribution is 2.35. The van der Waals surface area contributed by atoms with E-state index in [4.69, 9.17) is 65.3 Å². The predicted molar refractivity (Wildman–Crippen MR) is 150 cm³/mol. The number of nitrogens with one attached hydrogen (secondary N) is 4. The largest absolute Gasteiger partial charge is 0.393 e. The first kappa shape index (κ1) is 30.1. The van der Waals surface area contributed by atoms with E-state index in [0.717, 1.165) is 0 Å². The van der Waals surface area contributed by atoms with Crippen molar-refractivity contribution in [1.82, 2.24) is 19.9 Å². The highest BCUT2D eigenvalue weighted by atomic mass is 32.1. The molecule has 0 amide bonds. The number of hydrogen-bond donors (Lipinski definition) is 9. The molecule has 0 aliphatic carbocycles. The quantitative estimate of drug-likeness (QED) is 0.103. The molecule has 4 rings (SSSR count). The summed E-state index contributed by atoms with van der Waals surface area (Å²) in [6, 6.07) is 0. The number of nitrogens with two attached hydrogens (primary N) is 3. The van der Waals surface area contributed by atoms with Crippen molar-refractivity contribution in [2.24, 2.45) is 0 Å². The van der Waals surface area contributed by atoms with Gasteiger partial charge in [-0.05, 0) is 0 Å². The number of rotatable bonds is 13. The number of aliphatic hydroxyl groups excluding tert-OH is 2. The molecule has 17 nitrogen and oxygen atoms in total. The van der Waals surface area contributed by atoms with Gasteiger partial charge in [0.05, 0.1) is 32.1 Å². The van der Waals surface area contributed by atoms with Crippen molar-refractivity contribution < 1.29 is 33.9 Å². The van der Waals surface area contributed by atoms with Crippen molar-refractivity contribution in [1.29, 1.82) is 0 Å². The predicted octanol–water partition coefficient (Wildman–Crippen LogP) is -0.545. The van der Waals surface area contributed by atoms with Crippen LogP contribution in [0.25, 0.3) is 0 Å². The summed E-state index contributed by atoms with van der Waals surface area (Å²) in [5, 5.41) is 27.3. The summed E-state index contributed by atoms with van der Waals surface area (Å²) in [5.41, 5.74) is 18.2. The first-order valence-electron chi connectivity index (χ1n) is 12.2. The van der Waals surface area contributed by atoms with Gasteiger partial charge in [0.1, 0.15) is 41.4 Å². The molecule has 1 fully saturated rings. The second kappa shape index (κ2) is 13.2. The van der Waals surface area contributed by atoms with E-state index < -0.39 is 37.1 Å². The Kier molecular flexibility index (Phi) is 9.92. The van der Waals surface area contributed by atoms with E-state index in [2.05, 4.69) is 30.6 Å². The molecule has 40 heavy (non-hydrogen) atoms. The third-order valence-corrected chi connectivity index (χ3v) is 6.97. The molecular formula is C21H34N10O7S2. The molecule has 1 saturated heterocycles. The molecular weight excluding hydrogens is 568 g/mol. The minimum atomic E-state index is -1.12. The lowest BCUT2D eigenvalue weighted by Gasteiger charge is -2.26. The molecule has 2 aromatic heterocycles. The average molecular weight is 603 g/mol. The van der Waals surface area contributed by atoms with Crippen molar-refractivity contribution >= 4 is 59.3 Å². The number of ether oxygens (including phenoxy) is 5. The molecule has 6 atom stereocenters. The normalized spacial score (nSPS) is 22.5. The van der Waals surface area contributed by atoms with Gasteiger partial charge in [0, 0.05) is 27.2 Å². The lowest BCUT2D eigenvalue weighted by atomic mass is 10.2. The molecule has 0 aromatic carbocycles. The summed E-state index contributed by atoms with van der Waals surface area (Å²) in [6.07, 6.45) is -3.40. The van der Waals surface area contributed by atoms with E-state index in [-0.39, 0.29) is 42.0 Å². The summed E-state index contributed by atoms with van der Waals surface area (Å²) in [7, 11) is 2.82. The number of nitrogen functional groups attached to an aromatic ring is 3. The Labute approximate surface area is 239 Å². The number of aliphatic hydroxyl groups is 2. The Balaban J connectivity index is 1.26. The fraction of sp³-hybridized carbons (Fsp3) is 0.619. The molecule has 12 N–H and O–H groups in total. The average Bonchev–Trinajstić information content (AvgIpc) is 3.50. The maximum Gasteiger partial charge on any atom is 0.271 e. The third-order valence-electron chi connectivity index (χ3n) is 6.36. The van der Waals surface area contributed by atoms with E-state index in [1.807, 2.05) is 4.90 Å². The molecule has 2 aliphatic heterocycles. The number of H-pyrrole nitrogens is 2. The van der Waals surface area contributed by atoms with Gasteiger partial charge in [0.15, 0.2) is 21.2 Å². The van der Waals surface area contributed by atoms with Crippen LogP contribution in [0.15, 0.2) is 0 Å². The number of methoxy groups -OCH3 is 2. The van der Waals surface area contributed by atoms with Crippen LogP contribution in [0.5, 0.6) is 0 Å². The third kappa shape index (κ3) is 6.87. The van der Waals surface area contributed by atoms with Crippen LogP contribution in [0.2, 0.25) is 0 Å². The maximum atomic E-state index is 10.6. The standard InChI is InChI=1S/C21H34N10O7S2/c1-34-10(9(33)4-25-15-13(22)17(39)29-19(23)27-15)5-36-21(35-2)37-6-11-8(32)3-12(38-11)31-7-26-14-16(31)28-20(24)30-18(14)40/h8-12,21,26,32-33H,3-7,22H2,1-2H3,(H3,24,28,30,40)(H4,23,25,27,29,39)/t8?,9-,10?,11?,12-,21?/m1/s1. The lowest BCUT2D eigenvalue weighted by molar-refractivity contribution is -0.294. The van der Waals surface area contributed by atoms with Crippen LogP contribution in [0, 0.1) is 9.28 Å². The molecule has 0 spiro atoms. The van der Waals surface area contributed by atoms with Crippen molar-refractivity contribution in [3.05, 3.63) is 9.28 Å². The Morgan fingerprint density at radius 1 is 1.12 bits per heavy atom. The van der Waals surface area contributed by atoms with E-state index in [9.17, 15) is 10.2 Å². The Morgan fingerprint density at radius 2 is 1.85 bits per heavy atom. The summed E-state index contributed by atoms with van der Waals surface area (Å²) in [6.45, 7) is -0.788. The molecule has 4 heterocycles. The van der Waals surface area contributed by atoms with Crippen LogP contribution in [0.3, 0.4) is 0 Å². The highest BCUT2D eigenvalue weighted by molar-refractivity contribution is 7.71. The SMILES string of the molecule is COC(OCC1O[C@@H](N2CNc3c2[nH]c(N)nc3=S)CC1O)OCC(OC)[C@H](O)CNc1[nH]c(N)nc(=S)c1N. The highest BCUT2D eigenvalue weighted by Gasteiger charge is 2.40. The second-order valence-electron chi connectivity index (χ2n) is 9.02. The number of fused-ring (bicyclic) bond motifs is 1. The van der Waals surface area contributed by atoms with E-state index in [0.29, 0.717) is 35.1 Å². The number of aromatic amines is 2. The zero-order valence-corrected chi connectivity index (χ0v) is 23.5. The van der Waals surface area contributed by atoms with Crippen molar-refractivity contribution in [3.8, 4) is 0 Å². The van der Waals surface area contributed by atoms with Crippen molar-refractivity contribution in [2.45, 2.75) is 43.5 Å². The van der Waals surface area contributed by atoms with Gasteiger partial charge < -0.3 is 76.6 Å². The molecule has 222 valence electrons. The summed E-state index contributed by atoms with van der Waals surface area (Å²) in [4.78, 5) is 15.5. The van der Waals surface area contributed by atoms with Crippen LogP contribution < -0.4 is 32.7 Å². The van der Waals surface area contributed by atoms with Crippen LogP contribution >= 0.6 is 24.4 Å². The molecule has 0 saturated carbocycles. The Morgan fingerprint density at radius 3 is 2.58 bits per heavy atom. The zero-order chi connectivity index (χ0) is 29.0. The first-order chi connectivity index (χ1) is 19.1. The van der Waals surface area contributed by atoms with Crippen LogP contribution in [-0.2, 0) is 23.7 Å². The van der Waals surface area contributed by atoms with Gasteiger partial charge in [-0.25, -0.2) is 9.97 Å². The molecule has 0 bridgehead atoms.